The number of aromatic nitrogens is 1. The topological polar surface area (TPSA) is 66.8 Å². The van der Waals surface area contributed by atoms with Gasteiger partial charge < -0.3 is 4.74 Å². The number of carbonyl (C=O) groups excluding carboxylic acids is 1. The number of nitrogens with one attached hydrogen (secondary N) is 1. The van der Waals surface area contributed by atoms with Crippen LogP contribution in [0.1, 0.15) is 17.2 Å². The molecule has 0 spiro atoms. The maximum atomic E-state index is 12.8. The molecule has 0 bridgehead atoms. The quantitative estimate of drug-likeness (QED) is 0.627. The number of rotatable bonds is 5. The Kier molecular flexibility index (Phi) is 6.57. The maximum Gasteiger partial charge on any atom is 0.262 e. The van der Waals surface area contributed by atoms with Gasteiger partial charge in [0, 0.05) is 36.1 Å². The monoisotopic (exact) mass is 392 g/mol. The van der Waals surface area contributed by atoms with Crippen LogP contribution in [-0.2, 0) is 9.53 Å². The first-order valence-electron chi connectivity index (χ1n) is 8.15. The van der Waals surface area contributed by atoms with E-state index in [1.54, 1.807) is 30.6 Å². The van der Waals surface area contributed by atoms with Crippen LogP contribution in [0.2, 0.25) is 10.0 Å². The van der Waals surface area contributed by atoms with Crippen molar-refractivity contribution in [3.63, 3.8) is 0 Å². The van der Waals surface area contributed by atoms with Crippen LogP contribution in [0.5, 0.6) is 0 Å². The summed E-state index contributed by atoms with van der Waals surface area (Å²) in [5.74, 6) is -0.223. The van der Waals surface area contributed by atoms with Crippen LogP contribution in [0.4, 0.5) is 0 Å². The number of hydrazone groups is 1. The molecule has 0 radical (unpaired) electrons. The highest BCUT2D eigenvalue weighted by molar-refractivity contribution is 6.36. The fourth-order valence-corrected chi connectivity index (χ4v) is 3.20. The summed E-state index contributed by atoms with van der Waals surface area (Å²) < 4.78 is 5.39. The predicted octanol–water partition coefficient (Wildman–Crippen LogP) is 2.91. The van der Waals surface area contributed by atoms with Crippen molar-refractivity contribution in [1.29, 1.82) is 0 Å². The summed E-state index contributed by atoms with van der Waals surface area (Å²) in [6.45, 7) is 2.54. The van der Waals surface area contributed by atoms with Gasteiger partial charge in [-0.1, -0.05) is 29.3 Å². The highest BCUT2D eigenvalue weighted by Crippen LogP contribution is 2.22. The molecular formula is C18H18Cl2N4O2. The first-order chi connectivity index (χ1) is 12.6. The summed E-state index contributed by atoms with van der Waals surface area (Å²) >= 11 is 12.0. The third-order valence-electron chi connectivity index (χ3n) is 4.02. The second-order valence-electron chi connectivity index (χ2n) is 5.73. The normalized spacial score (nSPS) is 16.5. The first-order valence-corrected chi connectivity index (χ1v) is 8.90. The van der Waals surface area contributed by atoms with Gasteiger partial charge in [0.15, 0.2) is 0 Å². The van der Waals surface area contributed by atoms with E-state index < -0.39 is 6.04 Å². The van der Waals surface area contributed by atoms with Crippen LogP contribution in [0.15, 0.2) is 47.8 Å². The van der Waals surface area contributed by atoms with Crippen LogP contribution in [0.3, 0.4) is 0 Å². The van der Waals surface area contributed by atoms with Crippen molar-refractivity contribution in [2.45, 2.75) is 6.04 Å². The molecule has 1 fully saturated rings. The molecule has 6 nitrogen and oxygen atoms in total. The summed E-state index contributed by atoms with van der Waals surface area (Å²) in [6, 6.07) is 8.28. The molecular weight excluding hydrogens is 375 g/mol. The van der Waals surface area contributed by atoms with Crippen molar-refractivity contribution < 1.29 is 9.53 Å². The van der Waals surface area contributed by atoms with Crippen molar-refractivity contribution in [2.24, 2.45) is 5.10 Å². The zero-order valence-corrected chi connectivity index (χ0v) is 15.5. The summed E-state index contributed by atoms with van der Waals surface area (Å²) in [5, 5.41) is 5.06. The van der Waals surface area contributed by atoms with E-state index in [9.17, 15) is 4.79 Å². The number of pyridine rings is 1. The smallest absolute Gasteiger partial charge is 0.262 e. The van der Waals surface area contributed by atoms with Crippen molar-refractivity contribution in [1.82, 2.24) is 15.3 Å². The Balaban J connectivity index is 1.74. The first kappa shape index (κ1) is 18.8. The molecule has 1 aliphatic rings. The van der Waals surface area contributed by atoms with Crippen LogP contribution < -0.4 is 5.43 Å². The van der Waals surface area contributed by atoms with E-state index in [2.05, 4.69) is 20.4 Å². The molecule has 2 heterocycles. The van der Waals surface area contributed by atoms with Gasteiger partial charge in [0.2, 0.25) is 0 Å². The van der Waals surface area contributed by atoms with Gasteiger partial charge in [-0.2, -0.15) is 5.10 Å². The maximum absolute atomic E-state index is 12.8. The number of hydrogen-bond acceptors (Lipinski definition) is 5. The van der Waals surface area contributed by atoms with E-state index in [1.165, 1.54) is 6.21 Å². The second-order valence-corrected chi connectivity index (χ2v) is 6.58. The van der Waals surface area contributed by atoms with Crippen LogP contribution >= 0.6 is 23.2 Å². The Morgan fingerprint density at radius 3 is 2.65 bits per heavy atom. The molecule has 1 N–H and O–H groups in total. The summed E-state index contributed by atoms with van der Waals surface area (Å²) in [4.78, 5) is 18.9. The van der Waals surface area contributed by atoms with Gasteiger partial charge in [0.25, 0.3) is 5.91 Å². The van der Waals surface area contributed by atoms with Gasteiger partial charge in [-0.05, 0) is 29.8 Å². The molecule has 1 aromatic heterocycles. The molecule has 1 aliphatic heterocycles. The molecule has 26 heavy (non-hydrogen) atoms. The third-order valence-corrected chi connectivity index (χ3v) is 4.58. The number of benzene rings is 1. The Morgan fingerprint density at radius 1 is 1.23 bits per heavy atom. The lowest BCUT2D eigenvalue weighted by Gasteiger charge is -2.33. The van der Waals surface area contributed by atoms with Crippen molar-refractivity contribution in [3.05, 3.63) is 63.9 Å². The average Bonchev–Trinajstić information content (AvgIpc) is 2.65. The molecule has 0 saturated carbocycles. The SMILES string of the molecule is O=C(N/N=C\c1ccc(Cl)cc1Cl)[C@@H](c1ccncc1)N1CCOCC1. The molecule has 1 amide bonds. The van der Waals surface area contributed by atoms with Gasteiger partial charge in [-0.15, -0.1) is 0 Å². The standard InChI is InChI=1S/C18H18Cl2N4O2/c19-15-2-1-14(16(20)11-15)12-22-23-18(25)17(13-3-5-21-6-4-13)24-7-9-26-10-8-24/h1-6,11-12,17H,7-10H2,(H,23,25)/b22-12-/t17-/m1/s1. The molecule has 8 heteroatoms. The molecule has 2 aromatic rings. The molecule has 0 aliphatic carbocycles. The molecule has 1 atom stereocenters. The van der Waals surface area contributed by atoms with Crippen LogP contribution in [0.25, 0.3) is 0 Å². The van der Waals surface area contributed by atoms with Gasteiger partial charge in [-0.25, -0.2) is 5.43 Å². The van der Waals surface area contributed by atoms with Crippen LogP contribution in [0, 0.1) is 0 Å². The number of nitrogens with zero attached hydrogens (tertiary/aromatic N) is 3. The third kappa shape index (κ3) is 4.80. The highest BCUT2D eigenvalue weighted by Gasteiger charge is 2.28. The number of carbonyl (C=O) groups is 1. The Labute approximate surface area is 161 Å². The minimum Gasteiger partial charge on any atom is -0.379 e. The number of morpholine rings is 1. The number of amides is 1. The fourth-order valence-electron chi connectivity index (χ4n) is 2.74. The summed E-state index contributed by atoms with van der Waals surface area (Å²) in [6.07, 6.45) is 4.85. The number of hydrogen-bond donors (Lipinski definition) is 1. The second kappa shape index (κ2) is 9.09. The largest absolute Gasteiger partial charge is 0.379 e. The molecule has 136 valence electrons. The van der Waals surface area contributed by atoms with E-state index in [0.717, 1.165) is 5.56 Å². The average molecular weight is 393 g/mol. The highest BCUT2D eigenvalue weighted by atomic mass is 35.5. The zero-order valence-electron chi connectivity index (χ0n) is 13.9. The molecule has 0 unspecified atom stereocenters. The van der Waals surface area contributed by atoms with Crippen molar-refractivity contribution >= 4 is 35.3 Å². The molecule has 3 rings (SSSR count). The van der Waals surface area contributed by atoms with Crippen LogP contribution in [-0.4, -0.2) is 48.3 Å². The van der Waals surface area contributed by atoms with E-state index in [0.29, 0.717) is 41.9 Å². The van der Waals surface area contributed by atoms with E-state index in [-0.39, 0.29) is 5.91 Å². The summed E-state index contributed by atoms with van der Waals surface area (Å²) in [5.41, 5.74) is 4.13. The predicted molar refractivity (Wildman–Crippen MR) is 102 cm³/mol. The van der Waals surface area contributed by atoms with Gasteiger partial charge in [0.1, 0.15) is 6.04 Å². The lowest BCUT2D eigenvalue weighted by atomic mass is 10.1. The van der Waals surface area contributed by atoms with E-state index in [1.807, 2.05) is 12.1 Å². The van der Waals surface area contributed by atoms with Gasteiger partial charge >= 0.3 is 0 Å². The van der Waals surface area contributed by atoms with E-state index >= 15 is 0 Å². The molecule has 1 saturated heterocycles. The summed E-state index contributed by atoms with van der Waals surface area (Å²) in [7, 11) is 0. The lowest BCUT2D eigenvalue weighted by molar-refractivity contribution is -0.128. The number of ether oxygens (including phenoxy) is 1. The lowest BCUT2D eigenvalue weighted by Crippen LogP contribution is -2.44. The minimum atomic E-state index is -0.459. The Hall–Kier alpha value is -1.99. The fraction of sp³-hybridized carbons (Fsp3) is 0.278. The van der Waals surface area contributed by atoms with E-state index in [4.69, 9.17) is 27.9 Å². The van der Waals surface area contributed by atoms with Gasteiger partial charge in [-0.3, -0.25) is 14.7 Å². The van der Waals surface area contributed by atoms with Crippen molar-refractivity contribution in [3.8, 4) is 0 Å². The Bertz CT molecular complexity index is 780. The van der Waals surface area contributed by atoms with Crippen molar-refractivity contribution in [2.75, 3.05) is 26.3 Å². The molecule has 1 aromatic carbocycles. The van der Waals surface area contributed by atoms with Gasteiger partial charge in [0.05, 0.1) is 24.5 Å². The zero-order chi connectivity index (χ0) is 18.4. The minimum absolute atomic E-state index is 0.223. The Morgan fingerprint density at radius 2 is 1.96 bits per heavy atom. The number of halogens is 2.